The second kappa shape index (κ2) is 7.25. The van der Waals surface area contributed by atoms with Gasteiger partial charge < -0.3 is 10.0 Å². The predicted octanol–water partition coefficient (Wildman–Crippen LogP) is 3.54. The zero-order chi connectivity index (χ0) is 16.9. The number of likely N-dealkylation sites (tertiary alicyclic amines) is 1. The molecule has 24 heavy (non-hydrogen) atoms. The lowest BCUT2D eigenvalue weighted by atomic mass is 10.0. The molecule has 1 amide bonds. The molecule has 5 heteroatoms. The first-order valence-electron chi connectivity index (χ1n) is 8.21. The number of carbonyl (C=O) groups is 2. The van der Waals surface area contributed by atoms with Gasteiger partial charge in [0.05, 0.1) is 11.6 Å². The monoisotopic (exact) mass is 324 g/mol. The van der Waals surface area contributed by atoms with Crippen LogP contribution in [0.1, 0.15) is 58.0 Å². The van der Waals surface area contributed by atoms with Crippen molar-refractivity contribution in [3.63, 3.8) is 0 Å². The van der Waals surface area contributed by atoms with Gasteiger partial charge in [-0.3, -0.25) is 9.78 Å². The van der Waals surface area contributed by atoms with E-state index in [1.165, 1.54) is 12.1 Å². The summed E-state index contributed by atoms with van der Waals surface area (Å²) in [6.45, 7) is 0.715. The van der Waals surface area contributed by atoms with Crippen molar-refractivity contribution in [3.8, 4) is 0 Å². The Hall–Kier alpha value is -2.69. The molecular weight excluding hydrogens is 304 g/mol. The second-order valence-corrected chi connectivity index (χ2v) is 6.03. The Morgan fingerprint density at radius 2 is 1.62 bits per heavy atom. The van der Waals surface area contributed by atoms with Crippen LogP contribution in [-0.4, -0.2) is 33.4 Å². The molecule has 1 aliphatic heterocycles. The Morgan fingerprint density at radius 3 is 2.29 bits per heavy atom. The van der Waals surface area contributed by atoms with E-state index in [0.29, 0.717) is 12.1 Å². The summed E-state index contributed by atoms with van der Waals surface area (Å²) in [4.78, 5) is 29.9. The summed E-state index contributed by atoms with van der Waals surface area (Å²) >= 11 is 0. The largest absolute Gasteiger partial charge is 0.478 e. The lowest BCUT2D eigenvalue weighted by molar-refractivity contribution is 0.0673. The topological polar surface area (TPSA) is 70.5 Å². The number of hydrogen-bond donors (Lipinski definition) is 1. The predicted molar refractivity (Wildman–Crippen MR) is 89.9 cm³/mol. The van der Waals surface area contributed by atoms with E-state index < -0.39 is 5.97 Å². The van der Waals surface area contributed by atoms with E-state index in [0.717, 1.165) is 31.2 Å². The van der Waals surface area contributed by atoms with Gasteiger partial charge in [-0.15, -0.1) is 0 Å². The number of aromatic nitrogens is 1. The molecule has 124 valence electrons. The molecule has 1 saturated heterocycles. The smallest absolute Gasteiger partial charge is 0.335 e. The maximum atomic E-state index is 13.0. The van der Waals surface area contributed by atoms with Gasteiger partial charge >= 0.3 is 5.97 Å². The number of nitrogens with zero attached hydrogens (tertiary/aromatic N) is 2. The van der Waals surface area contributed by atoms with Crippen LogP contribution < -0.4 is 0 Å². The van der Waals surface area contributed by atoms with Gasteiger partial charge in [0.2, 0.25) is 0 Å². The number of rotatable bonds is 3. The molecule has 1 N–H and O–H groups in total. The number of aromatic carboxylic acids is 1. The Morgan fingerprint density at radius 1 is 0.958 bits per heavy atom. The van der Waals surface area contributed by atoms with Crippen LogP contribution in [0.4, 0.5) is 0 Å². The molecule has 1 fully saturated rings. The number of carboxylic acids is 1. The van der Waals surface area contributed by atoms with Crippen LogP contribution in [0.3, 0.4) is 0 Å². The average molecular weight is 324 g/mol. The molecule has 0 radical (unpaired) electrons. The molecule has 5 nitrogen and oxygen atoms in total. The Balaban J connectivity index is 1.88. The Labute approximate surface area is 140 Å². The molecule has 0 bridgehead atoms. The third-order valence-corrected chi connectivity index (χ3v) is 4.48. The minimum atomic E-state index is -0.988. The first-order valence-corrected chi connectivity index (χ1v) is 8.21. The molecule has 2 aromatic rings. The molecule has 1 aliphatic rings. The third kappa shape index (κ3) is 3.45. The quantitative estimate of drug-likeness (QED) is 0.937. The summed E-state index contributed by atoms with van der Waals surface area (Å²) in [7, 11) is 0. The fourth-order valence-electron chi connectivity index (χ4n) is 3.20. The fourth-order valence-corrected chi connectivity index (χ4v) is 3.20. The molecule has 1 unspecified atom stereocenters. The summed E-state index contributed by atoms with van der Waals surface area (Å²) in [5, 5.41) is 8.99. The van der Waals surface area contributed by atoms with Gasteiger partial charge in [-0.1, -0.05) is 12.8 Å². The zero-order valence-corrected chi connectivity index (χ0v) is 13.4. The van der Waals surface area contributed by atoms with E-state index >= 15 is 0 Å². The molecule has 0 saturated carbocycles. The molecule has 3 rings (SSSR count). The Kier molecular flexibility index (Phi) is 4.89. The minimum Gasteiger partial charge on any atom is -0.478 e. The van der Waals surface area contributed by atoms with Gasteiger partial charge in [0.1, 0.15) is 0 Å². The molecule has 0 spiro atoms. The van der Waals surface area contributed by atoms with Gasteiger partial charge in [-0.25, -0.2) is 4.79 Å². The molecule has 1 atom stereocenters. The second-order valence-electron chi connectivity index (χ2n) is 6.03. The van der Waals surface area contributed by atoms with E-state index in [9.17, 15) is 9.59 Å². The van der Waals surface area contributed by atoms with Crippen LogP contribution in [0, 0.1) is 0 Å². The van der Waals surface area contributed by atoms with Crippen molar-refractivity contribution in [2.24, 2.45) is 0 Å². The number of benzene rings is 1. The number of carbonyl (C=O) groups excluding carboxylic acids is 1. The van der Waals surface area contributed by atoms with Crippen molar-refractivity contribution in [3.05, 3.63) is 65.5 Å². The molecule has 1 aromatic heterocycles. The lowest BCUT2D eigenvalue weighted by Crippen LogP contribution is -2.34. The summed E-state index contributed by atoms with van der Waals surface area (Å²) in [6, 6.07) is 10.1. The van der Waals surface area contributed by atoms with Crippen molar-refractivity contribution in [2.75, 3.05) is 6.54 Å². The summed E-state index contributed by atoms with van der Waals surface area (Å²) in [5.74, 6) is -1.03. The standard InChI is InChI=1S/C19H20N2O3/c22-18(15-5-7-16(8-6-15)19(23)24)21-13-3-1-2-4-17(21)14-9-11-20-12-10-14/h5-12,17H,1-4,13H2,(H,23,24). The molecule has 2 heterocycles. The first-order chi connectivity index (χ1) is 11.7. The van der Waals surface area contributed by atoms with E-state index in [2.05, 4.69) is 4.98 Å². The molecule has 1 aromatic carbocycles. The normalized spacial score (nSPS) is 18.0. The lowest BCUT2D eigenvalue weighted by Gasteiger charge is -2.30. The van der Waals surface area contributed by atoms with Crippen molar-refractivity contribution in [1.29, 1.82) is 0 Å². The first kappa shape index (κ1) is 16.2. The summed E-state index contributed by atoms with van der Waals surface area (Å²) in [6.07, 6.45) is 7.64. The van der Waals surface area contributed by atoms with Gasteiger partial charge in [0, 0.05) is 24.5 Å². The van der Waals surface area contributed by atoms with Gasteiger partial charge in [-0.2, -0.15) is 0 Å². The van der Waals surface area contributed by atoms with Gasteiger partial charge in [0.25, 0.3) is 5.91 Å². The van der Waals surface area contributed by atoms with E-state index in [1.54, 1.807) is 24.5 Å². The number of amides is 1. The van der Waals surface area contributed by atoms with Crippen LogP contribution in [0.5, 0.6) is 0 Å². The van der Waals surface area contributed by atoms with Crippen LogP contribution in [0.2, 0.25) is 0 Å². The van der Waals surface area contributed by atoms with E-state index in [4.69, 9.17) is 5.11 Å². The van der Waals surface area contributed by atoms with Crippen LogP contribution in [0.15, 0.2) is 48.8 Å². The van der Waals surface area contributed by atoms with Crippen LogP contribution in [0.25, 0.3) is 0 Å². The van der Waals surface area contributed by atoms with Crippen LogP contribution >= 0.6 is 0 Å². The number of carboxylic acid groups (broad SMARTS) is 1. The maximum Gasteiger partial charge on any atom is 0.335 e. The van der Waals surface area contributed by atoms with Crippen molar-refractivity contribution >= 4 is 11.9 Å². The highest BCUT2D eigenvalue weighted by Crippen LogP contribution is 2.31. The van der Waals surface area contributed by atoms with E-state index in [-0.39, 0.29) is 17.5 Å². The van der Waals surface area contributed by atoms with Gasteiger partial charge in [0.15, 0.2) is 0 Å². The fraction of sp³-hybridized carbons (Fsp3) is 0.316. The maximum absolute atomic E-state index is 13.0. The summed E-state index contributed by atoms with van der Waals surface area (Å²) in [5.41, 5.74) is 1.82. The highest BCUT2D eigenvalue weighted by Gasteiger charge is 2.27. The highest BCUT2D eigenvalue weighted by atomic mass is 16.4. The van der Waals surface area contributed by atoms with Crippen molar-refractivity contribution in [2.45, 2.75) is 31.7 Å². The number of pyridine rings is 1. The molecule has 0 aliphatic carbocycles. The van der Waals surface area contributed by atoms with Crippen molar-refractivity contribution in [1.82, 2.24) is 9.88 Å². The highest BCUT2D eigenvalue weighted by molar-refractivity contribution is 5.96. The summed E-state index contributed by atoms with van der Waals surface area (Å²) < 4.78 is 0. The van der Waals surface area contributed by atoms with E-state index in [1.807, 2.05) is 17.0 Å². The average Bonchev–Trinajstić information content (AvgIpc) is 2.88. The molecular formula is C19H20N2O3. The third-order valence-electron chi connectivity index (χ3n) is 4.48. The van der Waals surface area contributed by atoms with Gasteiger partial charge in [-0.05, 0) is 54.8 Å². The van der Waals surface area contributed by atoms with Crippen LogP contribution in [-0.2, 0) is 0 Å². The minimum absolute atomic E-state index is 0.0437. The van der Waals surface area contributed by atoms with Crippen molar-refractivity contribution < 1.29 is 14.7 Å². The SMILES string of the molecule is O=C(O)c1ccc(C(=O)N2CCCCCC2c2ccncc2)cc1. The Bertz CT molecular complexity index is 713. The number of hydrogen-bond acceptors (Lipinski definition) is 3. The zero-order valence-electron chi connectivity index (χ0n) is 13.4.